The molecule has 66 heavy (non-hydrogen) atoms. The van der Waals surface area contributed by atoms with E-state index >= 15 is 0 Å². The van der Waals surface area contributed by atoms with Gasteiger partial charge in [-0.1, -0.05) is 162 Å². The van der Waals surface area contributed by atoms with Gasteiger partial charge in [-0.15, -0.1) is 70.8 Å². The molecule has 0 amide bonds. The summed E-state index contributed by atoms with van der Waals surface area (Å²) in [6.45, 7) is 6.90. The summed E-state index contributed by atoms with van der Waals surface area (Å²) in [6.07, 6.45) is 18.6. The summed E-state index contributed by atoms with van der Waals surface area (Å²) in [6, 6.07) is 62.6. The van der Waals surface area contributed by atoms with E-state index in [0.717, 1.165) is 35.4 Å². The Morgan fingerprint density at radius 2 is 1.06 bits per heavy atom. The van der Waals surface area contributed by atoms with Gasteiger partial charge in [0.1, 0.15) is 0 Å². The summed E-state index contributed by atoms with van der Waals surface area (Å²) < 4.78 is 0. The molecule has 1 radical (unpaired) electrons. The largest absolute Gasteiger partial charge is 0.305 e. The predicted octanol–water partition coefficient (Wildman–Crippen LogP) is 16.3. The van der Waals surface area contributed by atoms with Crippen molar-refractivity contribution in [2.45, 2.75) is 109 Å². The van der Waals surface area contributed by atoms with Gasteiger partial charge in [0.25, 0.3) is 0 Å². The van der Waals surface area contributed by atoms with Crippen LogP contribution in [0, 0.1) is 19.1 Å². The number of fused-ring (bicyclic) bond motifs is 9. The van der Waals surface area contributed by atoms with Crippen LogP contribution in [0.3, 0.4) is 0 Å². The molecule has 1 unspecified atom stereocenters. The molecule has 3 aliphatic rings. The number of benzene rings is 6. The number of pyridine rings is 2. The normalized spacial score (nSPS) is 15.4. The maximum Gasteiger partial charge on any atom is 0.0215 e. The van der Waals surface area contributed by atoms with Crippen molar-refractivity contribution in [2.24, 2.45) is 0 Å². The smallest absolute Gasteiger partial charge is 0.0215 e. The number of aromatic nitrogens is 2. The van der Waals surface area contributed by atoms with Crippen LogP contribution in [-0.4, -0.2) is 9.97 Å². The molecule has 333 valence electrons. The van der Waals surface area contributed by atoms with Crippen LogP contribution in [0.25, 0.3) is 55.9 Å². The zero-order chi connectivity index (χ0) is 44.2. The average molecular weight is 1040 g/mol. The van der Waals surface area contributed by atoms with E-state index in [1.807, 2.05) is 54.7 Å². The Labute approximate surface area is 407 Å². The van der Waals surface area contributed by atoms with Crippen LogP contribution in [0.15, 0.2) is 164 Å². The van der Waals surface area contributed by atoms with Crippen molar-refractivity contribution in [3.63, 3.8) is 0 Å². The van der Waals surface area contributed by atoms with Gasteiger partial charge in [0, 0.05) is 43.3 Å². The third kappa shape index (κ3) is 8.58. The second-order valence-corrected chi connectivity index (χ2v) is 18.9. The van der Waals surface area contributed by atoms with E-state index in [9.17, 15) is 0 Å². The second kappa shape index (κ2) is 20.0. The molecular weight excluding hydrogens is 977 g/mol. The van der Waals surface area contributed by atoms with E-state index in [0.29, 0.717) is 0 Å². The van der Waals surface area contributed by atoms with E-state index < -0.39 is 0 Å². The molecule has 2 heterocycles. The summed E-state index contributed by atoms with van der Waals surface area (Å²) in [7, 11) is 0. The number of aryl methyl sites for hydroxylation is 1. The van der Waals surface area contributed by atoms with Gasteiger partial charge in [-0.2, -0.15) is 0 Å². The summed E-state index contributed by atoms with van der Waals surface area (Å²) >= 11 is 0. The summed E-state index contributed by atoms with van der Waals surface area (Å²) in [5, 5.41) is 0. The van der Waals surface area contributed by atoms with Gasteiger partial charge in [-0.05, 0) is 124 Å². The molecule has 0 saturated carbocycles. The van der Waals surface area contributed by atoms with Crippen molar-refractivity contribution in [3.05, 3.63) is 215 Å². The molecule has 0 bridgehead atoms. The minimum Gasteiger partial charge on any atom is -0.305 e. The van der Waals surface area contributed by atoms with Crippen LogP contribution in [0.4, 0.5) is 0 Å². The van der Waals surface area contributed by atoms with E-state index in [1.165, 1.54) is 125 Å². The number of hydrogen-bond acceptors (Lipinski definition) is 2. The summed E-state index contributed by atoms with van der Waals surface area (Å²) in [4.78, 5) is 8.88. The van der Waals surface area contributed by atoms with E-state index in [2.05, 4.69) is 146 Å². The Bertz CT molecular complexity index is 2870. The van der Waals surface area contributed by atoms with Gasteiger partial charge in [0.15, 0.2) is 0 Å². The Balaban J connectivity index is 0.000000365. The summed E-state index contributed by atoms with van der Waals surface area (Å²) in [5.41, 5.74) is 22.8. The molecule has 0 saturated heterocycles. The van der Waals surface area contributed by atoms with Crippen LogP contribution in [0.2, 0.25) is 0 Å². The van der Waals surface area contributed by atoms with Crippen LogP contribution in [0.5, 0.6) is 0 Å². The van der Waals surface area contributed by atoms with Gasteiger partial charge < -0.3 is 9.97 Å². The number of rotatable bonds is 13. The van der Waals surface area contributed by atoms with Gasteiger partial charge in [-0.25, -0.2) is 0 Å². The predicted molar refractivity (Wildman–Crippen MR) is 271 cm³/mol. The molecule has 1 spiro atoms. The Kier molecular flexibility index (Phi) is 13.8. The first kappa shape index (κ1) is 45.4. The first-order valence-corrected chi connectivity index (χ1v) is 24.3. The molecule has 3 heteroatoms. The van der Waals surface area contributed by atoms with Gasteiger partial charge in [0.2, 0.25) is 0 Å². The molecule has 3 aliphatic carbocycles. The number of unbranched alkanes of at least 4 members (excludes halogenated alkanes) is 6. The van der Waals surface area contributed by atoms with E-state index in [-0.39, 0.29) is 30.9 Å². The monoisotopic (exact) mass is 1040 g/mol. The minimum atomic E-state index is -0.0825. The Hall–Kier alpha value is -5.73. The first-order chi connectivity index (χ1) is 32.0. The third-order valence-electron chi connectivity index (χ3n) is 14.7. The fraction of sp³-hybridized carbons (Fsp3) is 0.270. The van der Waals surface area contributed by atoms with Crippen molar-refractivity contribution in [2.75, 3.05) is 0 Å². The van der Waals surface area contributed by atoms with E-state index in [1.54, 1.807) is 17.3 Å². The van der Waals surface area contributed by atoms with Crippen molar-refractivity contribution in [1.29, 1.82) is 0 Å². The fourth-order valence-corrected chi connectivity index (χ4v) is 11.5. The molecule has 2 nitrogen and oxygen atoms in total. The average Bonchev–Trinajstić information content (AvgIpc) is 3.97. The maximum atomic E-state index is 4.66. The Morgan fingerprint density at radius 1 is 0.485 bits per heavy atom. The van der Waals surface area contributed by atoms with E-state index in [4.69, 9.17) is 0 Å². The summed E-state index contributed by atoms with van der Waals surface area (Å²) in [5.74, 6) is 0. The second-order valence-electron chi connectivity index (χ2n) is 18.9. The van der Waals surface area contributed by atoms with Gasteiger partial charge in [-0.3, -0.25) is 0 Å². The molecule has 8 aromatic rings. The molecular formula is C63H60IrN2-2. The van der Waals surface area contributed by atoms with Crippen molar-refractivity contribution in [1.82, 2.24) is 9.97 Å². The number of nitrogens with zero attached hydrogens (tertiary/aromatic N) is 2. The minimum absolute atomic E-state index is 0. The van der Waals surface area contributed by atoms with Crippen molar-refractivity contribution >= 4 is 0 Å². The van der Waals surface area contributed by atoms with Gasteiger partial charge >= 0.3 is 0 Å². The molecule has 0 N–H and O–H groups in total. The van der Waals surface area contributed by atoms with Crippen molar-refractivity contribution in [3.8, 4) is 55.9 Å². The van der Waals surface area contributed by atoms with Gasteiger partial charge in [0.05, 0.1) is 0 Å². The van der Waals surface area contributed by atoms with Crippen molar-refractivity contribution < 1.29 is 20.1 Å². The van der Waals surface area contributed by atoms with Crippen LogP contribution >= 0.6 is 0 Å². The molecule has 11 rings (SSSR count). The number of hydrogen-bond donors (Lipinski definition) is 0. The quantitative estimate of drug-likeness (QED) is 0.0849. The van der Waals surface area contributed by atoms with Crippen LogP contribution < -0.4 is 0 Å². The van der Waals surface area contributed by atoms with Crippen LogP contribution in [-0.2, 0) is 43.8 Å². The molecule has 2 aromatic heterocycles. The molecule has 1 atom stereocenters. The molecule has 6 aromatic carbocycles. The topological polar surface area (TPSA) is 25.8 Å². The SMILES string of the molecule is CCCCCCC1(CCCCCC)c2ccccc2-c2ccc(-c3ccc4c(c3)C3(Cc5c[c-]c(-c6ccccn6)cc5C3)c3cc(C)ccc3-4)cc21.[Ir].[c-]1ccccc1-c1ccccn1. The third-order valence-corrected chi connectivity index (χ3v) is 14.7. The standard InChI is InChI=1S/C52H52N.C11H8N.Ir/c1-4-6-8-13-27-51(28-14-9-7-5-2)46-17-11-10-16-42(46)44-25-22-37(32-48(44)51)38-23-26-45-43-24-19-36(3)30-47(43)52(49(45)33-38)34-40-21-20-39(31-41(40)35-52)50-18-12-15-29-53-50;1-2-6-10(7-3-1)11-8-4-5-9-12-11;/h10-12,15-19,21-26,29-33H,4-9,13-14,27-28,34-35H2,1-3H3;1-6,8-9H;/q2*-1;. The zero-order valence-electron chi connectivity index (χ0n) is 38.8. The zero-order valence-corrected chi connectivity index (χ0v) is 41.2. The first-order valence-electron chi connectivity index (χ1n) is 24.3. The fourth-order valence-electron chi connectivity index (χ4n) is 11.5. The Morgan fingerprint density at radius 3 is 1.71 bits per heavy atom. The maximum absolute atomic E-state index is 4.66. The van der Waals surface area contributed by atoms with Crippen LogP contribution in [0.1, 0.15) is 117 Å². The molecule has 0 aliphatic heterocycles. The molecule has 0 fully saturated rings.